The molecule has 0 spiro atoms. The molecule has 0 atom stereocenters. The number of amides is 1. The Kier molecular flexibility index (Phi) is 6.04. The van der Waals surface area contributed by atoms with Gasteiger partial charge in [-0.3, -0.25) is 14.9 Å². The molecule has 2 N–H and O–H groups in total. The summed E-state index contributed by atoms with van der Waals surface area (Å²) in [5.74, 6) is -0.228. The minimum Gasteiger partial charge on any atom is -0.378 e. The maximum atomic E-state index is 13.2. The Hall–Kier alpha value is -3.71. The van der Waals surface area contributed by atoms with E-state index in [4.69, 9.17) is 4.74 Å². The van der Waals surface area contributed by atoms with Crippen molar-refractivity contribution in [1.82, 2.24) is 25.4 Å². The lowest BCUT2D eigenvalue weighted by molar-refractivity contribution is 0.0548. The molecule has 0 unspecified atom stereocenters. The summed E-state index contributed by atoms with van der Waals surface area (Å²) in [4.78, 5) is 19.7. The largest absolute Gasteiger partial charge is 0.378 e. The fraction of sp³-hybridized carbons (Fsp3) is 0.269. The van der Waals surface area contributed by atoms with Gasteiger partial charge in [0.25, 0.3) is 5.91 Å². The van der Waals surface area contributed by atoms with Crippen LogP contribution in [0.1, 0.15) is 30.3 Å². The third-order valence-corrected chi connectivity index (χ3v) is 6.16. The first-order chi connectivity index (χ1) is 16.2. The molecule has 33 heavy (non-hydrogen) atoms. The SMILES string of the molecule is CCC1=C(N2CCOCC2)C=CC(NC(=O)c2n[nH]c3ccc(-c4cccnc4)cc23)=CC1. The number of nitrogens with zero attached hydrogens (tertiary/aromatic N) is 3. The quantitative estimate of drug-likeness (QED) is 0.620. The molecule has 1 aliphatic carbocycles. The number of allylic oxidation sites excluding steroid dienone is 4. The number of aromatic nitrogens is 3. The number of fused-ring (bicyclic) bond motifs is 1. The predicted octanol–water partition coefficient (Wildman–Crippen LogP) is 4.19. The summed E-state index contributed by atoms with van der Waals surface area (Å²) in [5, 5.41) is 11.1. The van der Waals surface area contributed by atoms with Gasteiger partial charge in [0.15, 0.2) is 5.69 Å². The van der Waals surface area contributed by atoms with Crippen molar-refractivity contribution in [3.63, 3.8) is 0 Å². The molecule has 2 aliphatic rings. The van der Waals surface area contributed by atoms with Crippen LogP contribution in [0.15, 0.2) is 77.9 Å². The zero-order chi connectivity index (χ0) is 22.6. The maximum absolute atomic E-state index is 13.2. The molecule has 0 saturated carbocycles. The number of nitrogens with one attached hydrogen (secondary N) is 2. The summed E-state index contributed by atoms with van der Waals surface area (Å²) < 4.78 is 5.51. The highest BCUT2D eigenvalue weighted by Gasteiger charge is 2.19. The maximum Gasteiger partial charge on any atom is 0.276 e. The Morgan fingerprint density at radius 2 is 2.06 bits per heavy atom. The van der Waals surface area contributed by atoms with E-state index in [1.165, 1.54) is 11.3 Å². The van der Waals surface area contributed by atoms with Crippen molar-refractivity contribution in [2.75, 3.05) is 26.3 Å². The molecule has 5 rings (SSSR count). The average molecular weight is 442 g/mol. The molecule has 3 aromatic rings. The second-order valence-corrected chi connectivity index (χ2v) is 8.17. The minimum absolute atomic E-state index is 0.228. The summed E-state index contributed by atoms with van der Waals surface area (Å²) in [6.07, 6.45) is 11.5. The van der Waals surface area contributed by atoms with Crippen LogP contribution in [0.2, 0.25) is 0 Å². The smallest absolute Gasteiger partial charge is 0.276 e. The van der Waals surface area contributed by atoms with Gasteiger partial charge in [-0.05, 0) is 54.3 Å². The second-order valence-electron chi connectivity index (χ2n) is 8.17. The van der Waals surface area contributed by atoms with Crippen molar-refractivity contribution >= 4 is 16.8 Å². The van der Waals surface area contributed by atoms with Crippen LogP contribution in [0.25, 0.3) is 22.0 Å². The fourth-order valence-corrected chi connectivity index (χ4v) is 4.33. The van der Waals surface area contributed by atoms with E-state index in [2.05, 4.69) is 44.5 Å². The first-order valence-corrected chi connectivity index (χ1v) is 11.4. The molecule has 1 aliphatic heterocycles. The lowest BCUT2D eigenvalue weighted by atomic mass is 10.0. The van der Waals surface area contributed by atoms with Gasteiger partial charge in [0.2, 0.25) is 0 Å². The Balaban J connectivity index is 1.37. The first kappa shape index (κ1) is 21.2. The molecule has 1 aromatic carbocycles. The molecule has 168 valence electrons. The average Bonchev–Trinajstić information content (AvgIpc) is 3.19. The van der Waals surface area contributed by atoms with E-state index in [0.29, 0.717) is 5.69 Å². The third-order valence-electron chi connectivity index (χ3n) is 6.16. The first-order valence-electron chi connectivity index (χ1n) is 11.4. The van der Waals surface area contributed by atoms with E-state index >= 15 is 0 Å². The molecule has 2 aromatic heterocycles. The summed E-state index contributed by atoms with van der Waals surface area (Å²) in [6, 6.07) is 9.82. The van der Waals surface area contributed by atoms with Crippen LogP contribution in [0.5, 0.6) is 0 Å². The summed E-state index contributed by atoms with van der Waals surface area (Å²) >= 11 is 0. The van der Waals surface area contributed by atoms with Crippen molar-refractivity contribution < 1.29 is 9.53 Å². The Morgan fingerprint density at radius 1 is 1.18 bits per heavy atom. The monoisotopic (exact) mass is 441 g/mol. The van der Waals surface area contributed by atoms with Crippen molar-refractivity contribution in [3.05, 3.63) is 83.6 Å². The van der Waals surface area contributed by atoms with Gasteiger partial charge in [0.05, 0.1) is 18.7 Å². The number of benzene rings is 1. The molecule has 7 heteroatoms. The van der Waals surface area contributed by atoms with E-state index in [9.17, 15) is 4.79 Å². The lowest BCUT2D eigenvalue weighted by Gasteiger charge is -2.31. The molecule has 7 nitrogen and oxygen atoms in total. The van der Waals surface area contributed by atoms with Crippen molar-refractivity contribution in [2.24, 2.45) is 0 Å². The molecule has 1 amide bonds. The van der Waals surface area contributed by atoms with Gasteiger partial charge >= 0.3 is 0 Å². The summed E-state index contributed by atoms with van der Waals surface area (Å²) in [5.41, 5.74) is 6.58. The molecule has 0 bridgehead atoms. The standard InChI is InChI=1S/C26H27N5O2/c1-2-18-5-7-21(8-10-24(18)31-12-14-33-15-13-31)28-26(32)25-22-16-19(6-9-23(22)29-30-25)20-4-3-11-27-17-20/h3-4,6-11,16-17H,2,5,12-15H2,1H3,(H,28,32)(H,29,30). The molecule has 0 radical (unpaired) electrons. The van der Waals surface area contributed by atoms with Crippen LogP contribution in [0.3, 0.4) is 0 Å². The summed E-state index contributed by atoms with van der Waals surface area (Å²) in [6.45, 7) is 5.46. The molecule has 3 heterocycles. The number of H-pyrrole nitrogens is 1. The van der Waals surface area contributed by atoms with Crippen LogP contribution in [0.4, 0.5) is 0 Å². The van der Waals surface area contributed by atoms with Crippen molar-refractivity contribution in [1.29, 1.82) is 0 Å². The van der Waals surface area contributed by atoms with E-state index in [-0.39, 0.29) is 5.91 Å². The van der Waals surface area contributed by atoms with Crippen LogP contribution in [-0.4, -0.2) is 52.3 Å². The number of ether oxygens (including phenoxy) is 1. The predicted molar refractivity (Wildman–Crippen MR) is 128 cm³/mol. The van der Waals surface area contributed by atoms with Crippen LogP contribution in [-0.2, 0) is 4.74 Å². The highest BCUT2D eigenvalue weighted by atomic mass is 16.5. The van der Waals surface area contributed by atoms with Crippen molar-refractivity contribution in [2.45, 2.75) is 19.8 Å². The molecular formula is C26H27N5O2. The Morgan fingerprint density at radius 3 is 2.85 bits per heavy atom. The van der Waals surface area contributed by atoms with Crippen LogP contribution in [0, 0.1) is 0 Å². The summed E-state index contributed by atoms with van der Waals surface area (Å²) in [7, 11) is 0. The van der Waals surface area contributed by atoms with Gasteiger partial charge in [0.1, 0.15) is 0 Å². The number of morpholine rings is 1. The fourth-order valence-electron chi connectivity index (χ4n) is 4.33. The van der Waals surface area contributed by atoms with Gasteiger partial charge < -0.3 is 15.0 Å². The molecule has 1 saturated heterocycles. The van der Waals surface area contributed by atoms with Gasteiger partial charge in [-0.1, -0.05) is 25.1 Å². The van der Waals surface area contributed by atoms with Gasteiger partial charge in [-0.15, -0.1) is 0 Å². The zero-order valence-corrected chi connectivity index (χ0v) is 18.7. The highest BCUT2D eigenvalue weighted by molar-refractivity contribution is 6.06. The van der Waals surface area contributed by atoms with E-state index < -0.39 is 0 Å². The number of hydrogen-bond acceptors (Lipinski definition) is 5. The Labute approximate surface area is 192 Å². The molecule has 1 fully saturated rings. The van der Waals surface area contributed by atoms with Crippen LogP contribution >= 0.6 is 0 Å². The number of pyridine rings is 1. The second kappa shape index (κ2) is 9.42. The number of aromatic amines is 1. The lowest BCUT2D eigenvalue weighted by Crippen LogP contribution is -2.35. The van der Waals surface area contributed by atoms with E-state index in [1.54, 1.807) is 6.20 Å². The zero-order valence-electron chi connectivity index (χ0n) is 18.7. The minimum atomic E-state index is -0.228. The van der Waals surface area contributed by atoms with Gasteiger partial charge in [0, 0.05) is 47.8 Å². The van der Waals surface area contributed by atoms with Gasteiger partial charge in [-0.2, -0.15) is 5.10 Å². The van der Waals surface area contributed by atoms with Gasteiger partial charge in [-0.25, -0.2) is 0 Å². The van der Waals surface area contributed by atoms with Crippen molar-refractivity contribution in [3.8, 4) is 11.1 Å². The normalized spacial score (nSPS) is 16.6. The van der Waals surface area contributed by atoms with E-state index in [0.717, 1.165) is 66.9 Å². The topological polar surface area (TPSA) is 83.1 Å². The highest BCUT2D eigenvalue weighted by Crippen LogP contribution is 2.26. The van der Waals surface area contributed by atoms with E-state index in [1.807, 2.05) is 42.6 Å². The Bertz CT molecular complexity index is 1250. The number of rotatable bonds is 5. The number of carbonyl (C=O) groups is 1. The number of hydrogen-bond donors (Lipinski definition) is 2. The third kappa shape index (κ3) is 4.45. The number of carbonyl (C=O) groups excluding carboxylic acids is 1. The van der Waals surface area contributed by atoms with Crippen LogP contribution < -0.4 is 5.32 Å². The molecular weight excluding hydrogens is 414 g/mol.